The first-order valence-electron chi connectivity index (χ1n) is 7.30. The van der Waals surface area contributed by atoms with Gasteiger partial charge in [0, 0.05) is 32.3 Å². The van der Waals surface area contributed by atoms with Gasteiger partial charge in [0.25, 0.3) is 0 Å². The molecule has 3 unspecified atom stereocenters. The largest absolute Gasteiger partial charge is 0.385 e. The second kappa shape index (κ2) is 6.72. The van der Waals surface area contributed by atoms with Crippen LogP contribution in [0.4, 0.5) is 0 Å². The molecule has 2 fully saturated rings. The molecule has 1 saturated carbocycles. The van der Waals surface area contributed by atoms with Crippen molar-refractivity contribution in [3.8, 4) is 0 Å². The van der Waals surface area contributed by atoms with Gasteiger partial charge >= 0.3 is 0 Å². The van der Waals surface area contributed by atoms with E-state index in [-0.39, 0.29) is 6.04 Å². The molecule has 0 radical (unpaired) electrons. The van der Waals surface area contributed by atoms with Crippen molar-refractivity contribution in [2.75, 3.05) is 26.8 Å². The van der Waals surface area contributed by atoms with Crippen LogP contribution >= 0.6 is 0 Å². The molecule has 0 aromatic heterocycles. The smallest absolute Gasteiger partial charge is 0.0477 e. The molecule has 1 aliphatic carbocycles. The van der Waals surface area contributed by atoms with Crippen LogP contribution in [0.25, 0.3) is 0 Å². The van der Waals surface area contributed by atoms with Crippen LogP contribution in [-0.4, -0.2) is 43.8 Å². The maximum atomic E-state index is 6.19. The Hall–Kier alpha value is -0.120. The fourth-order valence-corrected chi connectivity index (χ4v) is 3.62. The summed E-state index contributed by atoms with van der Waals surface area (Å²) >= 11 is 0. The fraction of sp³-hybridized carbons (Fsp3) is 1.00. The topological polar surface area (TPSA) is 38.5 Å². The summed E-state index contributed by atoms with van der Waals surface area (Å²) in [7, 11) is 1.75. The molecule has 3 heteroatoms. The Morgan fingerprint density at radius 1 is 1.24 bits per heavy atom. The number of rotatable bonds is 5. The van der Waals surface area contributed by atoms with Crippen molar-refractivity contribution in [1.82, 2.24) is 4.90 Å². The molecule has 0 amide bonds. The van der Waals surface area contributed by atoms with E-state index in [4.69, 9.17) is 10.5 Å². The molecule has 2 N–H and O–H groups in total. The highest BCUT2D eigenvalue weighted by Gasteiger charge is 2.33. The molecule has 0 bridgehead atoms. The van der Waals surface area contributed by atoms with Gasteiger partial charge in [-0.2, -0.15) is 0 Å². The Balaban J connectivity index is 1.81. The molecule has 0 aromatic rings. The van der Waals surface area contributed by atoms with Crippen LogP contribution in [-0.2, 0) is 4.74 Å². The van der Waals surface area contributed by atoms with Crippen molar-refractivity contribution in [2.45, 2.75) is 57.0 Å². The van der Waals surface area contributed by atoms with Gasteiger partial charge in [-0.1, -0.05) is 12.8 Å². The lowest BCUT2D eigenvalue weighted by Crippen LogP contribution is -2.51. The molecule has 3 atom stereocenters. The zero-order valence-electron chi connectivity index (χ0n) is 11.2. The standard InChI is InChI=1S/C14H28N2O/c1-17-10-8-13(15)11-16-9-4-6-12-5-2-3-7-14(12)16/h12-14H,2-11,15H2,1H3. The maximum absolute atomic E-state index is 6.19. The summed E-state index contributed by atoms with van der Waals surface area (Å²) in [6.07, 6.45) is 9.54. The minimum Gasteiger partial charge on any atom is -0.385 e. The summed E-state index contributed by atoms with van der Waals surface area (Å²) in [6, 6.07) is 1.13. The summed E-state index contributed by atoms with van der Waals surface area (Å²) < 4.78 is 5.11. The van der Waals surface area contributed by atoms with E-state index in [2.05, 4.69) is 4.90 Å². The van der Waals surface area contributed by atoms with Gasteiger partial charge in [-0.25, -0.2) is 0 Å². The van der Waals surface area contributed by atoms with E-state index >= 15 is 0 Å². The molecule has 0 aromatic carbocycles. The van der Waals surface area contributed by atoms with Gasteiger partial charge in [-0.05, 0) is 44.6 Å². The molecule has 100 valence electrons. The van der Waals surface area contributed by atoms with Crippen molar-refractivity contribution >= 4 is 0 Å². The number of ether oxygens (including phenoxy) is 1. The van der Waals surface area contributed by atoms with E-state index in [1.54, 1.807) is 7.11 Å². The molecular weight excluding hydrogens is 212 g/mol. The van der Waals surface area contributed by atoms with Crippen LogP contribution in [0.1, 0.15) is 44.9 Å². The lowest BCUT2D eigenvalue weighted by molar-refractivity contribution is 0.0530. The SMILES string of the molecule is COCCC(N)CN1CCCC2CCCCC21. The Bertz CT molecular complexity index is 220. The van der Waals surface area contributed by atoms with Crippen LogP contribution in [0, 0.1) is 5.92 Å². The van der Waals surface area contributed by atoms with E-state index in [0.29, 0.717) is 0 Å². The second-order valence-corrected chi connectivity index (χ2v) is 5.79. The van der Waals surface area contributed by atoms with E-state index in [1.807, 2.05) is 0 Å². The highest BCUT2D eigenvalue weighted by Crippen LogP contribution is 2.35. The van der Waals surface area contributed by atoms with Crippen molar-refractivity contribution in [1.29, 1.82) is 0 Å². The minimum absolute atomic E-state index is 0.288. The monoisotopic (exact) mass is 240 g/mol. The number of piperidine rings is 1. The lowest BCUT2D eigenvalue weighted by atomic mass is 9.78. The van der Waals surface area contributed by atoms with Gasteiger partial charge in [0.15, 0.2) is 0 Å². The number of hydrogen-bond acceptors (Lipinski definition) is 3. The van der Waals surface area contributed by atoms with Crippen LogP contribution in [0.3, 0.4) is 0 Å². The summed E-state index contributed by atoms with van der Waals surface area (Å²) in [5, 5.41) is 0. The summed E-state index contributed by atoms with van der Waals surface area (Å²) in [4.78, 5) is 2.67. The molecule has 1 heterocycles. The highest BCUT2D eigenvalue weighted by molar-refractivity contribution is 4.88. The molecule has 2 rings (SSSR count). The Kier molecular flexibility index (Phi) is 5.26. The third-order valence-corrected chi connectivity index (χ3v) is 4.52. The number of nitrogens with two attached hydrogens (primary N) is 1. The average Bonchev–Trinajstić information content (AvgIpc) is 2.37. The molecule has 1 saturated heterocycles. The minimum atomic E-state index is 0.288. The number of methoxy groups -OCH3 is 1. The molecule has 3 nitrogen and oxygen atoms in total. The third kappa shape index (κ3) is 3.67. The molecule has 1 aliphatic heterocycles. The maximum Gasteiger partial charge on any atom is 0.0477 e. The molecule has 0 spiro atoms. The van der Waals surface area contributed by atoms with Crippen LogP contribution in [0.2, 0.25) is 0 Å². The van der Waals surface area contributed by atoms with Gasteiger partial charge in [-0.3, -0.25) is 4.90 Å². The zero-order chi connectivity index (χ0) is 12.1. The summed E-state index contributed by atoms with van der Waals surface area (Å²) in [5.41, 5.74) is 6.19. The normalized spacial score (nSPS) is 32.1. The van der Waals surface area contributed by atoms with Gasteiger partial charge in [0.05, 0.1) is 0 Å². The quantitative estimate of drug-likeness (QED) is 0.799. The summed E-state index contributed by atoms with van der Waals surface area (Å²) in [6.45, 7) is 3.13. The van der Waals surface area contributed by atoms with Gasteiger partial charge in [0.1, 0.15) is 0 Å². The zero-order valence-corrected chi connectivity index (χ0v) is 11.2. The third-order valence-electron chi connectivity index (χ3n) is 4.52. The predicted molar refractivity (Wildman–Crippen MR) is 71.0 cm³/mol. The molecule has 2 aliphatic rings. The number of nitrogens with zero attached hydrogens (tertiary/aromatic N) is 1. The van der Waals surface area contributed by atoms with Crippen molar-refractivity contribution in [3.05, 3.63) is 0 Å². The first kappa shape index (κ1) is 13.3. The predicted octanol–water partition coefficient (Wildman–Crippen LogP) is 2.00. The Morgan fingerprint density at radius 2 is 2.00 bits per heavy atom. The van der Waals surface area contributed by atoms with Crippen LogP contribution in [0.5, 0.6) is 0 Å². The van der Waals surface area contributed by atoms with Crippen molar-refractivity contribution < 1.29 is 4.74 Å². The molecule has 17 heavy (non-hydrogen) atoms. The Morgan fingerprint density at radius 3 is 2.82 bits per heavy atom. The van der Waals surface area contributed by atoms with E-state index in [9.17, 15) is 0 Å². The lowest BCUT2D eigenvalue weighted by Gasteiger charge is -2.45. The van der Waals surface area contributed by atoms with E-state index in [0.717, 1.165) is 31.5 Å². The van der Waals surface area contributed by atoms with Crippen LogP contribution in [0.15, 0.2) is 0 Å². The van der Waals surface area contributed by atoms with Gasteiger partial charge in [-0.15, -0.1) is 0 Å². The van der Waals surface area contributed by atoms with Crippen molar-refractivity contribution in [2.24, 2.45) is 11.7 Å². The molecular formula is C14H28N2O. The van der Waals surface area contributed by atoms with E-state index < -0.39 is 0 Å². The average molecular weight is 240 g/mol. The highest BCUT2D eigenvalue weighted by atomic mass is 16.5. The van der Waals surface area contributed by atoms with Gasteiger partial charge in [0.2, 0.25) is 0 Å². The number of fused-ring (bicyclic) bond motifs is 1. The van der Waals surface area contributed by atoms with E-state index in [1.165, 1.54) is 45.1 Å². The fourth-order valence-electron chi connectivity index (χ4n) is 3.62. The first-order valence-corrected chi connectivity index (χ1v) is 7.30. The van der Waals surface area contributed by atoms with Gasteiger partial charge < -0.3 is 10.5 Å². The van der Waals surface area contributed by atoms with Crippen LogP contribution < -0.4 is 5.73 Å². The summed E-state index contributed by atoms with van der Waals surface area (Å²) in [5.74, 6) is 0.965. The van der Waals surface area contributed by atoms with Crippen molar-refractivity contribution in [3.63, 3.8) is 0 Å². The first-order chi connectivity index (χ1) is 8.31. The number of likely N-dealkylation sites (tertiary alicyclic amines) is 1. The number of hydrogen-bond donors (Lipinski definition) is 1. The Labute approximate surface area is 106 Å². The second-order valence-electron chi connectivity index (χ2n) is 5.79.